The number of ether oxygens (including phenoxy) is 4. The molecule has 10 heteroatoms. The van der Waals surface area contributed by atoms with Crippen LogP contribution < -0.4 is 29.2 Å². The molecule has 0 radical (unpaired) electrons. The topological polar surface area (TPSA) is 98.3 Å². The van der Waals surface area contributed by atoms with Gasteiger partial charge >= 0.3 is 6.09 Å². The molecule has 1 aliphatic heterocycles. The molecule has 10 nitrogen and oxygen atoms in total. The number of nitrogens with zero attached hydrogens (tertiary/aromatic N) is 4. The number of rotatable bonds is 9. The zero-order valence-corrected chi connectivity index (χ0v) is 25.2. The Balaban J connectivity index is 1.41. The Morgan fingerprint density at radius 1 is 0.930 bits per heavy atom. The van der Waals surface area contributed by atoms with E-state index >= 15 is 0 Å². The molecule has 0 saturated carbocycles. The minimum Gasteiger partial charge on any atom is -0.497 e. The molecule has 3 aromatic carbocycles. The highest BCUT2D eigenvalue weighted by Crippen LogP contribution is 2.37. The smallest absolute Gasteiger partial charge is 0.425 e. The van der Waals surface area contributed by atoms with Crippen molar-refractivity contribution in [2.75, 3.05) is 44.6 Å². The van der Waals surface area contributed by atoms with Crippen LogP contribution >= 0.6 is 0 Å². The number of benzene rings is 3. The zero-order chi connectivity index (χ0) is 30.3. The Bertz CT molecular complexity index is 1530. The van der Waals surface area contributed by atoms with Gasteiger partial charge in [0.1, 0.15) is 34.9 Å². The molecule has 1 amide bonds. The van der Waals surface area contributed by atoms with E-state index in [-0.39, 0.29) is 6.10 Å². The molecule has 1 N–H and O–H groups in total. The number of carbonyl (C=O) groups excluding carboxylic acids is 1. The molecule has 1 saturated heterocycles. The lowest BCUT2D eigenvalue weighted by Gasteiger charge is -2.29. The molecule has 1 aliphatic rings. The molecule has 0 aliphatic carbocycles. The van der Waals surface area contributed by atoms with Gasteiger partial charge in [0.2, 0.25) is 5.95 Å². The quantitative estimate of drug-likeness (QED) is 0.232. The standard InChI is InChI=1S/C33H37N5O5/c1-22-7-6-8-23(2)31(22)43-33(39)38(28-14-13-27(40-4)21-29(28)41-5)30-15-18-34-32(36-30)35-24-9-11-25(12-10-24)42-26-16-19-37(3)20-17-26/h6-15,18,21,26H,16-17,19-20H2,1-5H3,(H,34,35,36). The van der Waals surface area contributed by atoms with Crippen LogP contribution in [0.4, 0.5) is 27.9 Å². The molecule has 224 valence electrons. The number of hydrogen-bond donors (Lipinski definition) is 1. The van der Waals surface area contributed by atoms with Crippen molar-refractivity contribution >= 4 is 29.2 Å². The lowest BCUT2D eigenvalue weighted by molar-refractivity contribution is 0.114. The van der Waals surface area contributed by atoms with E-state index < -0.39 is 6.09 Å². The first-order chi connectivity index (χ1) is 20.8. The summed E-state index contributed by atoms with van der Waals surface area (Å²) in [6.07, 6.45) is 3.18. The number of nitrogens with one attached hydrogen (secondary N) is 1. The monoisotopic (exact) mass is 583 g/mol. The van der Waals surface area contributed by atoms with E-state index in [9.17, 15) is 4.79 Å². The summed E-state index contributed by atoms with van der Waals surface area (Å²) in [6.45, 7) is 5.86. The van der Waals surface area contributed by atoms with Gasteiger partial charge in [-0.25, -0.2) is 14.7 Å². The fraction of sp³-hybridized carbons (Fsp3) is 0.303. The van der Waals surface area contributed by atoms with E-state index in [1.165, 1.54) is 12.0 Å². The van der Waals surface area contributed by atoms with Crippen molar-refractivity contribution in [3.05, 3.63) is 84.1 Å². The fourth-order valence-corrected chi connectivity index (χ4v) is 4.95. The number of aryl methyl sites for hydroxylation is 2. The van der Waals surface area contributed by atoms with Crippen LogP contribution in [0.2, 0.25) is 0 Å². The lowest BCUT2D eigenvalue weighted by Crippen LogP contribution is -2.35. The van der Waals surface area contributed by atoms with Crippen molar-refractivity contribution in [1.82, 2.24) is 14.9 Å². The first kappa shape index (κ1) is 29.7. The Morgan fingerprint density at radius 3 is 2.30 bits per heavy atom. The largest absolute Gasteiger partial charge is 0.497 e. The summed E-state index contributed by atoms with van der Waals surface area (Å²) >= 11 is 0. The maximum Gasteiger partial charge on any atom is 0.425 e. The van der Waals surface area contributed by atoms with Crippen LogP contribution in [0.25, 0.3) is 0 Å². The van der Waals surface area contributed by atoms with Crippen LogP contribution in [0.5, 0.6) is 23.0 Å². The molecule has 0 unspecified atom stereocenters. The van der Waals surface area contributed by atoms with E-state index in [1.807, 2.05) is 56.3 Å². The second kappa shape index (κ2) is 13.4. The molecule has 1 aromatic heterocycles. The second-order valence-electron chi connectivity index (χ2n) is 10.5. The highest BCUT2D eigenvalue weighted by atomic mass is 16.6. The molecule has 0 atom stereocenters. The van der Waals surface area contributed by atoms with Gasteiger partial charge in [-0.3, -0.25) is 0 Å². The van der Waals surface area contributed by atoms with Crippen LogP contribution in [0.3, 0.4) is 0 Å². The normalized spacial score (nSPS) is 13.7. The number of likely N-dealkylation sites (tertiary alicyclic amines) is 1. The van der Waals surface area contributed by atoms with Crippen LogP contribution in [0.15, 0.2) is 72.9 Å². The van der Waals surface area contributed by atoms with Crippen molar-refractivity contribution < 1.29 is 23.7 Å². The third kappa shape index (κ3) is 7.15. The lowest BCUT2D eigenvalue weighted by atomic mass is 10.1. The molecular weight excluding hydrogens is 546 g/mol. The summed E-state index contributed by atoms with van der Waals surface area (Å²) in [5.74, 6) is 2.89. The van der Waals surface area contributed by atoms with Gasteiger partial charge in [-0.15, -0.1) is 0 Å². The fourth-order valence-electron chi connectivity index (χ4n) is 4.95. The van der Waals surface area contributed by atoms with Crippen LogP contribution in [-0.4, -0.2) is 61.4 Å². The highest BCUT2D eigenvalue weighted by molar-refractivity contribution is 5.98. The summed E-state index contributed by atoms with van der Waals surface area (Å²) in [4.78, 5) is 26.6. The summed E-state index contributed by atoms with van der Waals surface area (Å²) in [7, 11) is 5.23. The predicted octanol–water partition coefficient (Wildman–Crippen LogP) is 6.66. The van der Waals surface area contributed by atoms with E-state index in [0.29, 0.717) is 34.7 Å². The maximum absolute atomic E-state index is 13.8. The molecule has 0 bridgehead atoms. The van der Waals surface area contributed by atoms with Crippen LogP contribution in [0.1, 0.15) is 24.0 Å². The Hall–Kier alpha value is -4.83. The third-order valence-electron chi connectivity index (χ3n) is 7.36. The number of piperidine rings is 1. The second-order valence-corrected chi connectivity index (χ2v) is 10.5. The minimum absolute atomic E-state index is 0.221. The average Bonchev–Trinajstić information content (AvgIpc) is 3.01. The van der Waals surface area contributed by atoms with Crippen molar-refractivity contribution in [2.45, 2.75) is 32.8 Å². The molecule has 1 fully saturated rings. The molecule has 4 aromatic rings. The van der Waals surface area contributed by atoms with Gasteiger partial charge in [-0.2, -0.15) is 4.98 Å². The van der Waals surface area contributed by atoms with E-state index in [0.717, 1.165) is 48.5 Å². The van der Waals surface area contributed by atoms with Gasteiger partial charge in [-0.05, 0) is 81.3 Å². The Morgan fingerprint density at radius 2 is 1.63 bits per heavy atom. The zero-order valence-electron chi connectivity index (χ0n) is 25.2. The van der Waals surface area contributed by atoms with Crippen molar-refractivity contribution in [3.8, 4) is 23.0 Å². The van der Waals surface area contributed by atoms with Gasteiger partial charge in [-0.1, -0.05) is 18.2 Å². The van der Waals surface area contributed by atoms with Gasteiger partial charge in [0.25, 0.3) is 0 Å². The summed E-state index contributed by atoms with van der Waals surface area (Å²) in [6, 6.07) is 20.2. The summed E-state index contributed by atoms with van der Waals surface area (Å²) < 4.78 is 23.1. The summed E-state index contributed by atoms with van der Waals surface area (Å²) in [5.41, 5.74) is 2.88. The first-order valence-electron chi connectivity index (χ1n) is 14.2. The van der Waals surface area contributed by atoms with Gasteiger partial charge in [0.15, 0.2) is 0 Å². The van der Waals surface area contributed by atoms with Crippen LogP contribution in [-0.2, 0) is 0 Å². The number of hydrogen-bond acceptors (Lipinski definition) is 9. The summed E-state index contributed by atoms with van der Waals surface area (Å²) in [5, 5.41) is 3.23. The number of aromatic nitrogens is 2. The molecule has 0 spiro atoms. The first-order valence-corrected chi connectivity index (χ1v) is 14.2. The third-order valence-corrected chi connectivity index (χ3v) is 7.36. The highest BCUT2D eigenvalue weighted by Gasteiger charge is 2.27. The number of carbonyl (C=O) groups is 1. The van der Waals surface area contributed by atoms with Crippen molar-refractivity contribution in [3.63, 3.8) is 0 Å². The minimum atomic E-state index is -0.652. The van der Waals surface area contributed by atoms with E-state index in [4.69, 9.17) is 18.9 Å². The van der Waals surface area contributed by atoms with E-state index in [2.05, 4.69) is 27.2 Å². The molecule has 43 heavy (non-hydrogen) atoms. The van der Waals surface area contributed by atoms with E-state index in [1.54, 1.807) is 37.6 Å². The van der Waals surface area contributed by atoms with Crippen LogP contribution in [0, 0.1) is 13.8 Å². The number of anilines is 4. The molecule has 2 heterocycles. The Labute approximate surface area is 252 Å². The predicted molar refractivity (Wildman–Crippen MR) is 167 cm³/mol. The van der Waals surface area contributed by atoms with Gasteiger partial charge < -0.3 is 29.2 Å². The average molecular weight is 584 g/mol. The van der Waals surface area contributed by atoms with Crippen molar-refractivity contribution in [1.29, 1.82) is 0 Å². The van der Waals surface area contributed by atoms with Gasteiger partial charge in [0.05, 0.1) is 19.9 Å². The molecule has 5 rings (SSSR count). The number of methoxy groups -OCH3 is 2. The maximum atomic E-state index is 13.8. The number of para-hydroxylation sites is 1. The SMILES string of the molecule is COc1ccc(N(C(=O)Oc2c(C)cccc2C)c2ccnc(Nc3ccc(OC4CCN(C)CC4)cc3)n2)c(OC)c1. The number of amides is 1. The van der Waals surface area contributed by atoms with Gasteiger partial charge in [0, 0.05) is 37.1 Å². The molecular formula is C33H37N5O5. The Kier molecular flexibility index (Phi) is 9.26. The van der Waals surface area contributed by atoms with Crippen molar-refractivity contribution in [2.24, 2.45) is 0 Å².